The molecule has 3 aromatic rings. The lowest BCUT2D eigenvalue weighted by molar-refractivity contribution is 0.252. The quantitative estimate of drug-likeness (QED) is 0.686. The van der Waals surface area contributed by atoms with E-state index < -0.39 is 0 Å². The lowest BCUT2D eigenvalue weighted by Gasteiger charge is -2.16. The molecular formula is C22H27N5O. The predicted octanol–water partition coefficient (Wildman–Crippen LogP) is 4.53. The summed E-state index contributed by atoms with van der Waals surface area (Å²) < 4.78 is 2.30. The maximum absolute atomic E-state index is 12.3. The number of aryl methyl sites for hydroxylation is 2. The van der Waals surface area contributed by atoms with Gasteiger partial charge in [-0.25, -0.2) is 14.8 Å². The second-order valence-corrected chi connectivity index (χ2v) is 7.63. The highest BCUT2D eigenvalue weighted by atomic mass is 16.2. The maximum atomic E-state index is 12.3. The van der Waals surface area contributed by atoms with Gasteiger partial charge < -0.3 is 15.2 Å². The number of hydrogen-bond donors (Lipinski definition) is 2. The lowest BCUT2D eigenvalue weighted by atomic mass is 10.1. The van der Waals surface area contributed by atoms with Crippen molar-refractivity contribution in [2.75, 3.05) is 11.9 Å². The normalized spacial score (nSPS) is 14.5. The van der Waals surface area contributed by atoms with E-state index in [1.54, 1.807) is 0 Å². The summed E-state index contributed by atoms with van der Waals surface area (Å²) in [7, 11) is 0. The van der Waals surface area contributed by atoms with Gasteiger partial charge in [0.1, 0.15) is 11.3 Å². The Balaban J connectivity index is 1.43. The topological polar surface area (TPSA) is 71.8 Å². The molecule has 0 aliphatic heterocycles. The first-order valence-corrected chi connectivity index (χ1v) is 10.1. The monoisotopic (exact) mass is 377 g/mol. The van der Waals surface area contributed by atoms with Crippen molar-refractivity contribution in [1.29, 1.82) is 0 Å². The van der Waals surface area contributed by atoms with Crippen LogP contribution in [0, 0.1) is 13.8 Å². The Morgan fingerprint density at radius 1 is 1.21 bits per heavy atom. The average Bonchev–Trinajstić information content (AvgIpc) is 3.31. The number of rotatable bonds is 5. The molecule has 1 fully saturated rings. The Bertz CT molecular complexity index is 988. The largest absolute Gasteiger partial charge is 0.337 e. The molecule has 0 unspecified atom stereocenters. The van der Waals surface area contributed by atoms with Crippen molar-refractivity contribution in [3.8, 4) is 0 Å². The maximum Gasteiger partial charge on any atom is 0.319 e. The zero-order chi connectivity index (χ0) is 19.5. The molecule has 0 bridgehead atoms. The van der Waals surface area contributed by atoms with Crippen molar-refractivity contribution in [2.45, 2.75) is 52.0 Å². The van der Waals surface area contributed by atoms with Crippen LogP contribution in [-0.2, 0) is 6.42 Å². The molecule has 6 nitrogen and oxygen atoms in total. The highest BCUT2D eigenvalue weighted by Crippen LogP contribution is 2.33. The number of nitrogens with one attached hydrogen (secondary N) is 2. The Morgan fingerprint density at radius 3 is 2.86 bits per heavy atom. The first-order valence-electron chi connectivity index (χ1n) is 10.1. The van der Waals surface area contributed by atoms with Gasteiger partial charge in [0.2, 0.25) is 0 Å². The molecule has 1 aliphatic carbocycles. The highest BCUT2D eigenvalue weighted by molar-refractivity contribution is 5.90. The van der Waals surface area contributed by atoms with Gasteiger partial charge in [-0.15, -0.1) is 0 Å². The van der Waals surface area contributed by atoms with Crippen molar-refractivity contribution in [2.24, 2.45) is 0 Å². The van der Waals surface area contributed by atoms with Gasteiger partial charge in [-0.05, 0) is 56.0 Å². The second kappa shape index (κ2) is 8.00. The minimum absolute atomic E-state index is 0.185. The number of aromatic nitrogens is 3. The van der Waals surface area contributed by atoms with Crippen LogP contribution in [-0.4, -0.2) is 27.1 Å². The van der Waals surface area contributed by atoms with Crippen LogP contribution in [0.5, 0.6) is 0 Å². The van der Waals surface area contributed by atoms with E-state index in [4.69, 9.17) is 4.98 Å². The number of benzene rings is 1. The fourth-order valence-electron chi connectivity index (χ4n) is 4.02. The van der Waals surface area contributed by atoms with Crippen LogP contribution < -0.4 is 10.6 Å². The summed E-state index contributed by atoms with van der Waals surface area (Å²) in [4.78, 5) is 21.7. The molecule has 6 heteroatoms. The summed E-state index contributed by atoms with van der Waals surface area (Å²) in [6, 6.07) is 10.3. The number of nitrogens with zero attached hydrogens (tertiary/aromatic N) is 3. The van der Waals surface area contributed by atoms with Crippen molar-refractivity contribution >= 4 is 22.9 Å². The van der Waals surface area contributed by atoms with Crippen LogP contribution >= 0.6 is 0 Å². The summed E-state index contributed by atoms with van der Waals surface area (Å²) in [5, 5.41) is 5.91. The number of pyridine rings is 1. The summed E-state index contributed by atoms with van der Waals surface area (Å²) in [6.07, 6.45) is 7.38. The van der Waals surface area contributed by atoms with Crippen LogP contribution in [0.15, 0.2) is 36.5 Å². The molecule has 0 saturated heterocycles. The molecule has 2 aromatic heterocycles. The first kappa shape index (κ1) is 18.5. The minimum Gasteiger partial charge on any atom is -0.337 e. The molecule has 1 aromatic carbocycles. The Kier molecular flexibility index (Phi) is 5.28. The number of anilines is 1. The Hall–Kier alpha value is -2.89. The van der Waals surface area contributed by atoms with Crippen LogP contribution in [0.2, 0.25) is 0 Å². The predicted molar refractivity (Wildman–Crippen MR) is 112 cm³/mol. The van der Waals surface area contributed by atoms with E-state index in [1.807, 2.05) is 50.4 Å². The average molecular weight is 377 g/mol. The van der Waals surface area contributed by atoms with Gasteiger partial charge in [-0.3, -0.25) is 0 Å². The van der Waals surface area contributed by atoms with E-state index in [0.717, 1.165) is 33.8 Å². The van der Waals surface area contributed by atoms with Gasteiger partial charge in [0.05, 0.1) is 0 Å². The van der Waals surface area contributed by atoms with Gasteiger partial charge >= 0.3 is 6.03 Å². The van der Waals surface area contributed by atoms with Gasteiger partial charge in [0, 0.05) is 30.9 Å². The van der Waals surface area contributed by atoms with Crippen molar-refractivity contribution < 1.29 is 4.79 Å². The minimum atomic E-state index is -0.185. The van der Waals surface area contributed by atoms with Crippen LogP contribution in [0.25, 0.3) is 11.2 Å². The summed E-state index contributed by atoms with van der Waals surface area (Å²) in [5.41, 5.74) is 4.92. The van der Waals surface area contributed by atoms with Gasteiger partial charge in [0.25, 0.3) is 0 Å². The van der Waals surface area contributed by atoms with E-state index in [0.29, 0.717) is 19.0 Å². The van der Waals surface area contributed by atoms with Gasteiger partial charge in [-0.1, -0.05) is 25.0 Å². The summed E-state index contributed by atoms with van der Waals surface area (Å²) in [6.45, 7) is 4.54. The zero-order valence-corrected chi connectivity index (χ0v) is 16.5. The third-order valence-electron chi connectivity index (χ3n) is 5.49. The molecule has 1 aliphatic rings. The first-order chi connectivity index (χ1) is 13.6. The molecule has 2 amide bonds. The smallest absolute Gasteiger partial charge is 0.319 e. The number of carbonyl (C=O) groups is 1. The van der Waals surface area contributed by atoms with E-state index in [1.165, 1.54) is 25.7 Å². The van der Waals surface area contributed by atoms with Gasteiger partial charge in [-0.2, -0.15) is 0 Å². The standard InChI is InChI=1S/C22H27N5O/c1-15-9-10-16(2)19(14-15)26-22(28)24-13-11-20-25-18-8-5-12-23-21(18)27(20)17-6-3-4-7-17/h5,8-10,12,14,17H,3-4,6-7,11,13H2,1-2H3,(H2,24,26,28). The molecule has 4 rings (SSSR count). The third-order valence-corrected chi connectivity index (χ3v) is 5.49. The molecule has 28 heavy (non-hydrogen) atoms. The number of fused-ring (bicyclic) bond motifs is 1. The molecule has 2 heterocycles. The molecule has 146 valence electrons. The van der Waals surface area contributed by atoms with E-state index in [2.05, 4.69) is 20.2 Å². The number of amides is 2. The lowest BCUT2D eigenvalue weighted by Crippen LogP contribution is -2.31. The van der Waals surface area contributed by atoms with Crippen LogP contribution in [0.1, 0.15) is 48.7 Å². The molecule has 1 saturated carbocycles. The van der Waals surface area contributed by atoms with Crippen LogP contribution in [0.3, 0.4) is 0 Å². The molecule has 0 spiro atoms. The van der Waals surface area contributed by atoms with Crippen molar-refractivity contribution in [1.82, 2.24) is 19.9 Å². The third kappa shape index (κ3) is 3.86. The van der Waals surface area contributed by atoms with Crippen molar-refractivity contribution in [3.63, 3.8) is 0 Å². The number of urea groups is 1. The Morgan fingerprint density at radius 2 is 2.04 bits per heavy atom. The highest BCUT2D eigenvalue weighted by Gasteiger charge is 2.23. The fourth-order valence-corrected chi connectivity index (χ4v) is 4.02. The molecular weight excluding hydrogens is 350 g/mol. The fraction of sp³-hybridized carbons (Fsp3) is 0.409. The van der Waals surface area contributed by atoms with E-state index in [-0.39, 0.29) is 6.03 Å². The molecule has 0 atom stereocenters. The van der Waals surface area contributed by atoms with Crippen molar-refractivity contribution in [3.05, 3.63) is 53.5 Å². The van der Waals surface area contributed by atoms with Crippen LogP contribution in [0.4, 0.5) is 10.5 Å². The number of imidazole rings is 1. The molecule has 2 N–H and O–H groups in total. The van der Waals surface area contributed by atoms with Gasteiger partial charge in [0.15, 0.2) is 5.65 Å². The summed E-state index contributed by atoms with van der Waals surface area (Å²) >= 11 is 0. The molecule has 0 radical (unpaired) electrons. The SMILES string of the molecule is Cc1ccc(C)c(NC(=O)NCCc2nc3cccnc3n2C2CCCC2)c1. The van der Waals surface area contributed by atoms with E-state index in [9.17, 15) is 4.79 Å². The number of hydrogen-bond acceptors (Lipinski definition) is 3. The zero-order valence-electron chi connectivity index (χ0n) is 16.5. The summed E-state index contributed by atoms with van der Waals surface area (Å²) in [5.74, 6) is 1.01. The van der Waals surface area contributed by atoms with E-state index >= 15 is 0 Å². The Labute approximate surface area is 165 Å². The second-order valence-electron chi connectivity index (χ2n) is 7.63. The number of carbonyl (C=O) groups excluding carboxylic acids is 1.